The van der Waals surface area contributed by atoms with Crippen LogP contribution < -0.4 is 0 Å². The van der Waals surface area contributed by atoms with Crippen molar-refractivity contribution in [3.63, 3.8) is 0 Å². The SMILES string of the molecule is C=CCN1CCN(C(c2ccccc2Cl)c2nnnn2C2CCCCC2)CC1. The third-order valence-electron chi connectivity index (χ3n) is 6.04. The molecule has 0 N–H and O–H groups in total. The van der Waals surface area contributed by atoms with Gasteiger partial charge in [0, 0.05) is 37.7 Å². The highest BCUT2D eigenvalue weighted by Crippen LogP contribution is 2.36. The molecule has 0 amide bonds. The number of tetrazole rings is 1. The molecule has 4 rings (SSSR count). The van der Waals surface area contributed by atoms with Gasteiger partial charge in [-0.2, -0.15) is 0 Å². The average Bonchev–Trinajstić information content (AvgIpc) is 3.21. The summed E-state index contributed by atoms with van der Waals surface area (Å²) in [5.74, 6) is 0.928. The van der Waals surface area contributed by atoms with Crippen molar-refractivity contribution in [2.75, 3.05) is 32.7 Å². The molecule has 1 aromatic carbocycles. The van der Waals surface area contributed by atoms with Crippen LogP contribution in [-0.2, 0) is 0 Å². The minimum absolute atomic E-state index is 0.0171. The maximum atomic E-state index is 6.64. The largest absolute Gasteiger partial charge is 0.297 e. The fourth-order valence-electron chi connectivity index (χ4n) is 4.55. The van der Waals surface area contributed by atoms with Gasteiger partial charge in [0.15, 0.2) is 5.82 Å². The topological polar surface area (TPSA) is 50.1 Å². The predicted octanol–water partition coefficient (Wildman–Crippen LogP) is 3.72. The highest BCUT2D eigenvalue weighted by atomic mass is 35.5. The number of halogens is 1. The molecule has 2 aromatic rings. The van der Waals surface area contributed by atoms with Gasteiger partial charge in [-0.05, 0) is 34.9 Å². The molecule has 1 aromatic heterocycles. The van der Waals surface area contributed by atoms with E-state index in [9.17, 15) is 0 Å². The van der Waals surface area contributed by atoms with Crippen molar-refractivity contribution in [1.29, 1.82) is 0 Å². The van der Waals surface area contributed by atoms with Crippen LogP contribution in [0.25, 0.3) is 0 Å². The van der Waals surface area contributed by atoms with Gasteiger partial charge >= 0.3 is 0 Å². The van der Waals surface area contributed by atoms with Crippen molar-refractivity contribution in [3.05, 3.63) is 53.3 Å². The first-order valence-corrected chi connectivity index (χ1v) is 10.7. The molecule has 0 spiro atoms. The highest BCUT2D eigenvalue weighted by molar-refractivity contribution is 6.31. The smallest absolute Gasteiger partial charge is 0.173 e. The Kier molecular flexibility index (Phi) is 6.40. The Hall–Kier alpha value is -1.76. The van der Waals surface area contributed by atoms with E-state index in [1.807, 2.05) is 18.2 Å². The van der Waals surface area contributed by atoms with Crippen LogP contribution in [0.15, 0.2) is 36.9 Å². The molecular formula is C21H29ClN6. The second kappa shape index (κ2) is 9.16. The van der Waals surface area contributed by atoms with Crippen molar-refractivity contribution in [3.8, 4) is 0 Å². The summed E-state index contributed by atoms with van der Waals surface area (Å²) in [6, 6.07) is 8.49. The Balaban J connectivity index is 1.66. The summed E-state index contributed by atoms with van der Waals surface area (Å²) in [5.41, 5.74) is 1.09. The van der Waals surface area contributed by atoms with Gasteiger partial charge in [-0.3, -0.25) is 9.80 Å². The van der Waals surface area contributed by atoms with Gasteiger partial charge in [0.1, 0.15) is 0 Å². The lowest BCUT2D eigenvalue weighted by Crippen LogP contribution is -2.48. The molecule has 1 saturated carbocycles. The monoisotopic (exact) mass is 400 g/mol. The van der Waals surface area contributed by atoms with E-state index < -0.39 is 0 Å². The van der Waals surface area contributed by atoms with Crippen LogP contribution >= 0.6 is 11.6 Å². The minimum Gasteiger partial charge on any atom is -0.297 e. The van der Waals surface area contributed by atoms with Crippen molar-refractivity contribution in [2.45, 2.75) is 44.2 Å². The lowest BCUT2D eigenvalue weighted by atomic mass is 9.95. The number of hydrogen-bond donors (Lipinski definition) is 0. The molecule has 0 radical (unpaired) electrons. The number of nitrogens with zero attached hydrogens (tertiary/aromatic N) is 6. The van der Waals surface area contributed by atoms with E-state index in [0.29, 0.717) is 6.04 Å². The second-order valence-electron chi connectivity index (χ2n) is 7.82. The predicted molar refractivity (Wildman–Crippen MR) is 111 cm³/mol. The molecule has 6 nitrogen and oxygen atoms in total. The summed E-state index contributed by atoms with van der Waals surface area (Å²) in [4.78, 5) is 4.91. The van der Waals surface area contributed by atoms with Gasteiger partial charge in [0.2, 0.25) is 0 Å². The molecular weight excluding hydrogens is 372 g/mol. The van der Waals surface area contributed by atoms with Crippen molar-refractivity contribution < 1.29 is 0 Å². The van der Waals surface area contributed by atoms with Gasteiger partial charge in [-0.15, -0.1) is 11.7 Å². The standard InChI is InChI=1S/C21H29ClN6/c1-2-12-26-13-15-27(16-14-26)20(18-10-6-7-11-19(18)22)21-23-24-25-28(21)17-8-4-3-5-9-17/h2,6-7,10-11,17,20H,1,3-5,8-9,12-16H2. The van der Waals surface area contributed by atoms with Gasteiger partial charge in [-0.25, -0.2) is 4.68 Å². The van der Waals surface area contributed by atoms with Gasteiger partial charge in [-0.1, -0.05) is 55.1 Å². The molecule has 28 heavy (non-hydrogen) atoms. The molecule has 0 bridgehead atoms. The van der Waals surface area contributed by atoms with Gasteiger partial charge in [0.05, 0.1) is 12.1 Å². The number of aromatic nitrogens is 4. The molecule has 2 fully saturated rings. The van der Waals surface area contributed by atoms with E-state index in [4.69, 9.17) is 11.6 Å². The first kappa shape index (κ1) is 19.6. The third kappa shape index (κ3) is 4.14. The van der Waals surface area contributed by atoms with Crippen LogP contribution in [0.5, 0.6) is 0 Å². The van der Waals surface area contributed by atoms with E-state index in [1.165, 1.54) is 19.3 Å². The average molecular weight is 401 g/mol. The maximum absolute atomic E-state index is 6.64. The lowest BCUT2D eigenvalue weighted by Gasteiger charge is -2.39. The fraction of sp³-hybridized carbons (Fsp3) is 0.571. The summed E-state index contributed by atoms with van der Waals surface area (Å²) in [6.07, 6.45) is 8.10. The summed E-state index contributed by atoms with van der Waals surface area (Å²) >= 11 is 6.64. The Morgan fingerprint density at radius 3 is 2.57 bits per heavy atom. The van der Waals surface area contributed by atoms with Crippen LogP contribution in [0.1, 0.15) is 55.6 Å². The first-order chi connectivity index (χ1) is 13.8. The van der Waals surface area contributed by atoms with Crippen molar-refractivity contribution in [1.82, 2.24) is 30.0 Å². The quantitative estimate of drug-likeness (QED) is 0.691. The van der Waals surface area contributed by atoms with Crippen LogP contribution in [0.3, 0.4) is 0 Å². The second-order valence-corrected chi connectivity index (χ2v) is 8.23. The Labute approximate surface area is 172 Å². The fourth-order valence-corrected chi connectivity index (χ4v) is 4.79. The lowest BCUT2D eigenvalue weighted by molar-refractivity contribution is 0.111. The van der Waals surface area contributed by atoms with Crippen LogP contribution in [0, 0.1) is 0 Å². The minimum atomic E-state index is -0.0171. The zero-order valence-electron chi connectivity index (χ0n) is 16.4. The molecule has 150 valence electrons. The molecule has 1 atom stereocenters. The third-order valence-corrected chi connectivity index (χ3v) is 6.39. The van der Waals surface area contributed by atoms with Crippen LogP contribution in [-0.4, -0.2) is 62.7 Å². The van der Waals surface area contributed by atoms with Gasteiger partial charge in [0.25, 0.3) is 0 Å². The summed E-state index contributed by atoms with van der Waals surface area (Å²) < 4.78 is 2.09. The maximum Gasteiger partial charge on any atom is 0.173 e. The zero-order chi connectivity index (χ0) is 19.3. The van der Waals surface area contributed by atoms with E-state index in [-0.39, 0.29) is 6.04 Å². The summed E-state index contributed by atoms with van der Waals surface area (Å²) in [6.45, 7) is 8.75. The van der Waals surface area contributed by atoms with E-state index in [2.05, 4.69) is 48.7 Å². The van der Waals surface area contributed by atoms with E-state index in [0.717, 1.165) is 62.0 Å². The molecule has 1 aliphatic heterocycles. The molecule has 7 heteroatoms. The summed E-state index contributed by atoms with van der Waals surface area (Å²) in [5, 5.41) is 13.8. The molecule has 2 aliphatic rings. The highest BCUT2D eigenvalue weighted by Gasteiger charge is 2.33. The summed E-state index contributed by atoms with van der Waals surface area (Å²) in [7, 11) is 0. The van der Waals surface area contributed by atoms with Crippen molar-refractivity contribution >= 4 is 11.6 Å². The van der Waals surface area contributed by atoms with E-state index >= 15 is 0 Å². The first-order valence-electron chi connectivity index (χ1n) is 10.4. The van der Waals surface area contributed by atoms with Crippen molar-refractivity contribution in [2.24, 2.45) is 0 Å². The van der Waals surface area contributed by atoms with Gasteiger partial charge < -0.3 is 0 Å². The Morgan fingerprint density at radius 2 is 1.86 bits per heavy atom. The normalized spacial score (nSPS) is 20.9. The molecule has 2 heterocycles. The number of hydrogen-bond acceptors (Lipinski definition) is 5. The zero-order valence-corrected chi connectivity index (χ0v) is 17.1. The Morgan fingerprint density at radius 1 is 1.11 bits per heavy atom. The number of piperazine rings is 1. The van der Waals surface area contributed by atoms with Crippen LogP contribution in [0.2, 0.25) is 5.02 Å². The molecule has 1 aliphatic carbocycles. The van der Waals surface area contributed by atoms with E-state index in [1.54, 1.807) is 0 Å². The van der Waals surface area contributed by atoms with Crippen LogP contribution in [0.4, 0.5) is 0 Å². The molecule has 1 unspecified atom stereocenters. The molecule has 1 saturated heterocycles. The Bertz CT molecular complexity index is 777. The number of benzene rings is 1. The number of rotatable bonds is 6.